The summed E-state index contributed by atoms with van der Waals surface area (Å²) < 4.78 is 8.35. The molecule has 0 saturated carbocycles. The third-order valence-corrected chi connectivity index (χ3v) is 8.14. The number of likely N-dealkylation sites (tertiary alicyclic amines) is 1. The SMILES string of the molecule is CC[C@@]1(O)CCc2ccc(-n3c(C)cc4cnc(Nc5ccc(OC6CCN(C)CC6)c(C)c5)nc43)nc21. The first-order valence-electron chi connectivity index (χ1n) is 13.6. The molecule has 2 aliphatic rings. The van der Waals surface area contributed by atoms with Crippen molar-refractivity contribution < 1.29 is 9.84 Å². The van der Waals surface area contributed by atoms with Crippen LogP contribution in [0.4, 0.5) is 11.6 Å². The van der Waals surface area contributed by atoms with E-state index in [1.807, 2.05) is 42.8 Å². The minimum absolute atomic E-state index is 0.270. The Kier molecular flexibility index (Phi) is 6.32. The van der Waals surface area contributed by atoms with Crippen molar-refractivity contribution in [2.75, 3.05) is 25.5 Å². The van der Waals surface area contributed by atoms with E-state index in [-0.39, 0.29) is 6.10 Å². The molecule has 6 rings (SSSR count). The lowest BCUT2D eigenvalue weighted by Crippen LogP contribution is -2.35. The number of hydrogen-bond acceptors (Lipinski definition) is 7. The quantitative estimate of drug-likeness (QED) is 0.367. The van der Waals surface area contributed by atoms with Gasteiger partial charge in [-0.3, -0.25) is 4.57 Å². The number of pyridine rings is 1. The van der Waals surface area contributed by atoms with Crippen molar-refractivity contribution in [2.45, 2.75) is 64.6 Å². The van der Waals surface area contributed by atoms with E-state index in [2.05, 4.69) is 47.4 Å². The molecular weight excluding hydrogens is 476 g/mol. The summed E-state index contributed by atoms with van der Waals surface area (Å²) in [5, 5.41) is 15.4. The van der Waals surface area contributed by atoms with Crippen LogP contribution >= 0.6 is 0 Å². The normalized spacial score (nSPS) is 20.1. The van der Waals surface area contributed by atoms with Crippen LogP contribution in [0, 0.1) is 13.8 Å². The summed E-state index contributed by atoms with van der Waals surface area (Å²) >= 11 is 0. The lowest BCUT2D eigenvalue weighted by atomic mass is 9.98. The number of aliphatic hydroxyl groups is 1. The summed E-state index contributed by atoms with van der Waals surface area (Å²) in [6.45, 7) is 8.28. The van der Waals surface area contributed by atoms with E-state index >= 15 is 0 Å². The third-order valence-electron chi connectivity index (χ3n) is 8.14. The van der Waals surface area contributed by atoms with Crippen LogP contribution in [-0.4, -0.2) is 55.8 Å². The van der Waals surface area contributed by atoms with Gasteiger partial charge >= 0.3 is 0 Å². The zero-order valence-electron chi connectivity index (χ0n) is 22.7. The summed E-state index contributed by atoms with van der Waals surface area (Å²) in [7, 11) is 2.16. The van der Waals surface area contributed by atoms with E-state index in [0.29, 0.717) is 12.4 Å². The largest absolute Gasteiger partial charge is 0.490 e. The van der Waals surface area contributed by atoms with Crippen molar-refractivity contribution in [3.63, 3.8) is 0 Å². The van der Waals surface area contributed by atoms with Crippen LogP contribution < -0.4 is 10.1 Å². The molecule has 1 saturated heterocycles. The highest BCUT2D eigenvalue weighted by atomic mass is 16.5. The summed E-state index contributed by atoms with van der Waals surface area (Å²) in [6, 6.07) is 12.3. The fraction of sp³-hybridized carbons (Fsp3) is 0.433. The Hall–Kier alpha value is -3.49. The second kappa shape index (κ2) is 9.67. The van der Waals surface area contributed by atoms with Crippen LogP contribution in [0.25, 0.3) is 16.9 Å². The first-order chi connectivity index (χ1) is 18.3. The average Bonchev–Trinajstić information content (AvgIpc) is 3.42. The number of nitrogens with zero attached hydrogens (tertiary/aromatic N) is 5. The lowest BCUT2D eigenvalue weighted by molar-refractivity contribution is 0.0306. The fourth-order valence-corrected chi connectivity index (χ4v) is 5.75. The maximum atomic E-state index is 11.1. The summed E-state index contributed by atoms with van der Waals surface area (Å²) in [5.74, 6) is 2.22. The van der Waals surface area contributed by atoms with Gasteiger partial charge in [0.1, 0.15) is 23.3 Å². The van der Waals surface area contributed by atoms with E-state index in [1.165, 1.54) is 0 Å². The molecule has 8 nitrogen and oxygen atoms in total. The van der Waals surface area contributed by atoms with E-state index in [9.17, 15) is 5.11 Å². The highest BCUT2D eigenvalue weighted by molar-refractivity contribution is 5.80. The molecule has 1 fully saturated rings. The second-order valence-corrected chi connectivity index (χ2v) is 10.9. The molecule has 3 aromatic heterocycles. The van der Waals surface area contributed by atoms with Crippen LogP contribution in [-0.2, 0) is 12.0 Å². The minimum Gasteiger partial charge on any atom is -0.490 e. The topological polar surface area (TPSA) is 88.3 Å². The molecule has 4 heterocycles. The summed E-state index contributed by atoms with van der Waals surface area (Å²) in [4.78, 5) is 16.7. The Morgan fingerprint density at radius 1 is 1.11 bits per heavy atom. The number of ether oxygens (including phenoxy) is 1. The molecule has 0 bridgehead atoms. The number of rotatable bonds is 6. The van der Waals surface area contributed by atoms with Crippen molar-refractivity contribution in [3.05, 3.63) is 65.1 Å². The van der Waals surface area contributed by atoms with Gasteiger partial charge in [-0.15, -0.1) is 0 Å². The molecule has 198 valence electrons. The number of hydrogen-bond donors (Lipinski definition) is 2. The molecule has 1 aromatic carbocycles. The Labute approximate surface area is 223 Å². The van der Waals surface area contributed by atoms with Gasteiger partial charge < -0.3 is 20.1 Å². The van der Waals surface area contributed by atoms with Crippen LogP contribution in [0.3, 0.4) is 0 Å². The number of fused-ring (bicyclic) bond motifs is 2. The minimum atomic E-state index is -0.856. The van der Waals surface area contributed by atoms with Crippen LogP contribution in [0.15, 0.2) is 42.6 Å². The number of nitrogens with one attached hydrogen (secondary N) is 1. The van der Waals surface area contributed by atoms with Crippen molar-refractivity contribution in [1.82, 2.24) is 24.4 Å². The van der Waals surface area contributed by atoms with Gasteiger partial charge in [-0.25, -0.2) is 9.97 Å². The highest BCUT2D eigenvalue weighted by Gasteiger charge is 2.37. The third kappa shape index (κ3) is 4.52. The van der Waals surface area contributed by atoms with Crippen molar-refractivity contribution >= 4 is 22.7 Å². The Morgan fingerprint density at radius 2 is 1.92 bits per heavy atom. The maximum absolute atomic E-state index is 11.1. The lowest BCUT2D eigenvalue weighted by Gasteiger charge is -2.29. The molecule has 0 spiro atoms. The predicted octanol–water partition coefficient (Wildman–Crippen LogP) is 5.19. The van der Waals surface area contributed by atoms with Crippen molar-refractivity contribution in [1.29, 1.82) is 0 Å². The van der Waals surface area contributed by atoms with Gasteiger partial charge in [0.2, 0.25) is 5.95 Å². The highest BCUT2D eigenvalue weighted by Crippen LogP contribution is 2.39. The van der Waals surface area contributed by atoms with E-state index < -0.39 is 5.60 Å². The molecule has 0 radical (unpaired) electrons. The number of anilines is 2. The Balaban J connectivity index is 1.26. The Morgan fingerprint density at radius 3 is 2.68 bits per heavy atom. The number of benzene rings is 1. The van der Waals surface area contributed by atoms with E-state index in [0.717, 1.165) is 89.6 Å². The van der Waals surface area contributed by atoms with Gasteiger partial charge in [0, 0.05) is 36.1 Å². The van der Waals surface area contributed by atoms with Crippen LogP contribution in [0.1, 0.15) is 55.1 Å². The number of aryl methyl sites for hydroxylation is 3. The predicted molar refractivity (Wildman–Crippen MR) is 150 cm³/mol. The fourth-order valence-electron chi connectivity index (χ4n) is 5.75. The zero-order valence-corrected chi connectivity index (χ0v) is 22.7. The second-order valence-electron chi connectivity index (χ2n) is 10.9. The van der Waals surface area contributed by atoms with Crippen molar-refractivity contribution in [2.24, 2.45) is 0 Å². The van der Waals surface area contributed by atoms with E-state index in [1.54, 1.807) is 0 Å². The number of aromatic nitrogens is 4. The molecular formula is C30H36N6O2. The Bertz CT molecular complexity index is 1490. The van der Waals surface area contributed by atoms with Gasteiger partial charge in [0.15, 0.2) is 5.65 Å². The molecule has 1 atom stereocenters. The van der Waals surface area contributed by atoms with Gasteiger partial charge in [-0.2, -0.15) is 4.98 Å². The van der Waals surface area contributed by atoms with Gasteiger partial charge in [0.05, 0.1) is 5.69 Å². The first kappa shape index (κ1) is 24.8. The molecule has 2 N–H and O–H groups in total. The number of piperidine rings is 1. The smallest absolute Gasteiger partial charge is 0.229 e. The molecule has 0 amide bonds. The standard InChI is InChI=1S/C30H36N6O2/c1-5-30(37)13-10-21-6-9-26(33-27(21)30)36-20(3)17-22-18-31-29(34-28(22)36)32-23-7-8-25(19(2)16-23)38-24-11-14-35(4)15-12-24/h6-9,16-18,24,37H,5,10-15H2,1-4H3,(H,31,32,34)/t30-/m1/s1. The molecule has 1 aliphatic carbocycles. The maximum Gasteiger partial charge on any atom is 0.229 e. The molecule has 1 aliphatic heterocycles. The molecule has 0 unspecified atom stereocenters. The van der Waals surface area contributed by atoms with Gasteiger partial charge in [-0.1, -0.05) is 13.0 Å². The monoisotopic (exact) mass is 512 g/mol. The van der Waals surface area contributed by atoms with E-state index in [4.69, 9.17) is 14.7 Å². The van der Waals surface area contributed by atoms with Crippen molar-refractivity contribution in [3.8, 4) is 11.6 Å². The van der Waals surface area contributed by atoms with Crippen LogP contribution in [0.2, 0.25) is 0 Å². The molecule has 4 aromatic rings. The summed E-state index contributed by atoms with van der Waals surface area (Å²) in [6.07, 6.45) is 6.45. The average molecular weight is 513 g/mol. The first-order valence-corrected chi connectivity index (χ1v) is 13.6. The molecule has 8 heteroatoms. The van der Waals surface area contributed by atoms with Gasteiger partial charge in [0.25, 0.3) is 0 Å². The van der Waals surface area contributed by atoms with Crippen LogP contribution in [0.5, 0.6) is 5.75 Å². The molecule has 38 heavy (non-hydrogen) atoms. The van der Waals surface area contributed by atoms with Gasteiger partial charge in [-0.05, 0) is 94.5 Å². The zero-order chi connectivity index (χ0) is 26.4. The summed E-state index contributed by atoms with van der Waals surface area (Å²) in [5.41, 5.74) is 4.86.